The Morgan fingerprint density at radius 1 is 1.25 bits per heavy atom. The van der Waals surface area contributed by atoms with Crippen LogP contribution in [0.2, 0.25) is 0 Å². The van der Waals surface area contributed by atoms with Crippen molar-refractivity contribution in [3.8, 4) is 0 Å². The number of rotatable bonds is 6. The van der Waals surface area contributed by atoms with E-state index >= 15 is 0 Å². The van der Waals surface area contributed by atoms with E-state index in [1.165, 1.54) is 6.92 Å². The summed E-state index contributed by atoms with van der Waals surface area (Å²) in [7, 11) is -5.02. The summed E-state index contributed by atoms with van der Waals surface area (Å²) in [5.41, 5.74) is -1.91. The van der Waals surface area contributed by atoms with Crippen LogP contribution in [0, 0.1) is 5.92 Å². The Bertz CT molecular complexity index is 355. The minimum atomic E-state index is -5.02. The minimum Gasteiger partial charge on any atom is -0.481 e. The van der Waals surface area contributed by atoms with E-state index < -0.39 is 31.1 Å². The predicted octanol–water partition coefficient (Wildman–Crippen LogP) is 0.284. The Hall–Kier alpha value is -1.17. The molecule has 7 nitrogen and oxygen atoms in total. The van der Waals surface area contributed by atoms with Gasteiger partial charge < -0.3 is 20.0 Å². The maximum atomic E-state index is 10.9. The van der Waals surface area contributed by atoms with E-state index in [1.807, 2.05) is 0 Å². The zero-order valence-corrected chi connectivity index (χ0v) is 9.42. The van der Waals surface area contributed by atoms with Gasteiger partial charge in [0.05, 0.1) is 5.92 Å². The topological polar surface area (TPSA) is 132 Å². The maximum absolute atomic E-state index is 10.9. The molecule has 0 aliphatic heterocycles. The van der Waals surface area contributed by atoms with E-state index in [0.717, 1.165) is 0 Å². The van der Waals surface area contributed by atoms with Crippen LogP contribution in [0.4, 0.5) is 0 Å². The zero-order chi connectivity index (χ0) is 13.1. The third-order valence-corrected chi connectivity index (χ3v) is 3.19. The van der Waals surface area contributed by atoms with Gasteiger partial charge in [0.15, 0.2) is 5.66 Å². The lowest BCUT2D eigenvalue weighted by molar-refractivity contribution is -0.148. The van der Waals surface area contributed by atoms with Gasteiger partial charge in [0.1, 0.15) is 0 Å². The lowest BCUT2D eigenvalue weighted by Crippen LogP contribution is -2.35. The van der Waals surface area contributed by atoms with Crippen molar-refractivity contribution in [1.29, 1.82) is 0 Å². The Kier molecular flexibility index (Phi) is 4.86. The molecule has 2 unspecified atom stereocenters. The minimum absolute atomic E-state index is 0.294. The fourth-order valence-electron chi connectivity index (χ4n) is 1.26. The molecule has 0 amide bonds. The highest BCUT2D eigenvalue weighted by Gasteiger charge is 2.45. The van der Waals surface area contributed by atoms with E-state index in [9.17, 15) is 14.2 Å². The summed E-state index contributed by atoms with van der Waals surface area (Å²) in [4.78, 5) is 39.1. The molecule has 0 saturated heterocycles. The molecular weight excluding hydrogens is 239 g/mol. The first-order valence-corrected chi connectivity index (χ1v) is 5.90. The normalized spacial score (nSPS) is 15.2. The van der Waals surface area contributed by atoms with Crippen molar-refractivity contribution in [3.05, 3.63) is 12.2 Å². The van der Waals surface area contributed by atoms with Gasteiger partial charge in [-0.2, -0.15) is 0 Å². The number of aliphatic carboxylic acids is 2. The molecule has 8 heteroatoms. The molecule has 0 aromatic rings. The number of carboxylic acid groups (broad SMARTS) is 2. The Morgan fingerprint density at radius 3 is 1.88 bits per heavy atom. The van der Waals surface area contributed by atoms with Crippen LogP contribution in [0.5, 0.6) is 0 Å². The average Bonchev–Trinajstić information content (AvgIpc) is 1.97. The fourth-order valence-corrected chi connectivity index (χ4v) is 2.25. The molecule has 0 bridgehead atoms. The van der Waals surface area contributed by atoms with Gasteiger partial charge in [0.25, 0.3) is 0 Å². The van der Waals surface area contributed by atoms with Crippen molar-refractivity contribution in [1.82, 2.24) is 0 Å². The third kappa shape index (κ3) is 4.14. The summed E-state index contributed by atoms with van der Waals surface area (Å²) < 4.78 is 10.9. The highest BCUT2D eigenvalue weighted by molar-refractivity contribution is 7.53. The second-order valence-corrected chi connectivity index (χ2v) is 5.21. The monoisotopic (exact) mass is 252 g/mol. The number of carbonyl (C=O) groups is 2. The molecule has 0 rings (SSSR count). The largest absolute Gasteiger partial charge is 0.481 e. The Morgan fingerprint density at radius 2 is 1.69 bits per heavy atom. The van der Waals surface area contributed by atoms with E-state index in [1.54, 1.807) is 0 Å². The first-order valence-electron chi connectivity index (χ1n) is 4.22. The molecule has 0 saturated carbocycles. The second-order valence-electron chi connectivity index (χ2n) is 3.48. The van der Waals surface area contributed by atoms with Crippen molar-refractivity contribution in [2.45, 2.75) is 19.0 Å². The molecule has 0 spiro atoms. The van der Waals surface area contributed by atoms with E-state index in [-0.39, 0.29) is 6.42 Å². The van der Waals surface area contributed by atoms with Crippen LogP contribution in [0.15, 0.2) is 12.2 Å². The Balaban J connectivity index is 5.28. The average molecular weight is 252 g/mol. The van der Waals surface area contributed by atoms with Crippen molar-refractivity contribution < 1.29 is 34.2 Å². The quantitative estimate of drug-likeness (QED) is 0.394. The SMILES string of the molecule is C=C(C)CC(C(=O)O)C(C(=O)O)P(=O)(O)O. The summed E-state index contributed by atoms with van der Waals surface area (Å²) in [6.45, 7) is 4.84. The molecule has 92 valence electrons. The molecule has 0 heterocycles. The smallest absolute Gasteiger partial charge is 0.340 e. The predicted molar refractivity (Wildman–Crippen MR) is 54.0 cm³/mol. The molecule has 2 atom stereocenters. The summed E-state index contributed by atoms with van der Waals surface area (Å²) in [6.07, 6.45) is -0.294. The lowest BCUT2D eigenvalue weighted by Gasteiger charge is -2.21. The summed E-state index contributed by atoms with van der Waals surface area (Å²) in [5, 5.41) is 17.4. The second kappa shape index (κ2) is 5.25. The number of allylic oxidation sites excluding steroid dienone is 1. The molecule has 0 aliphatic rings. The van der Waals surface area contributed by atoms with Crippen LogP contribution in [-0.4, -0.2) is 37.6 Å². The van der Waals surface area contributed by atoms with E-state index in [2.05, 4.69) is 6.58 Å². The molecular formula is C8H13O7P. The molecule has 4 N–H and O–H groups in total. The highest BCUT2D eigenvalue weighted by Crippen LogP contribution is 2.46. The highest BCUT2D eigenvalue weighted by atomic mass is 31.2. The van der Waals surface area contributed by atoms with Crippen molar-refractivity contribution in [2.75, 3.05) is 0 Å². The molecule has 0 radical (unpaired) electrons. The van der Waals surface area contributed by atoms with Gasteiger partial charge in [0, 0.05) is 0 Å². The summed E-state index contributed by atoms with van der Waals surface area (Å²) in [5.74, 6) is -5.09. The molecule has 0 fully saturated rings. The molecule has 16 heavy (non-hydrogen) atoms. The van der Waals surface area contributed by atoms with Crippen LogP contribution in [-0.2, 0) is 14.2 Å². The van der Waals surface area contributed by atoms with Gasteiger partial charge in [-0.1, -0.05) is 5.57 Å². The molecule has 0 aliphatic carbocycles. The van der Waals surface area contributed by atoms with Gasteiger partial charge in [-0.05, 0) is 13.3 Å². The van der Waals surface area contributed by atoms with Gasteiger partial charge >= 0.3 is 19.5 Å². The molecule has 0 aromatic heterocycles. The van der Waals surface area contributed by atoms with Gasteiger partial charge in [-0.25, -0.2) is 0 Å². The van der Waals surface area contributed by atoms with E-state index in [4.69, 9.17) is 20.0 Å². The number of carboxylic acids is 2. The Labute approximate surface area is 91.6 Å². The molecule has 0 aromatic carbocycles. The number of hydrogen-bond donors (Lipinski definition) is 4. The van der Waals surface area contributed by atoms with Crippen molar-refractivity contribution >= 4 is 19.5 Å². The van der Waals surface area contributed by atoms with E-state index in [0.29, 0.717) is 5.57 Å². The van der Waals surface area contributed by atoms with Crippen molar-refractivity contribution in [3.63, 3.8) is 0 Å². The fraction of sp³-hybridized carbons (Fsp3) is 0.500. The van der Waals surface area contributed by atoms with Crippen molar-refractivity contribution in [2.24, 2.45) is 5.92 Å². The number of hydrogen-bond acceptors (Lipinski definition) is 3. The van der Waals surface area contributed by atoms with Crippen LogP contribution >= 0.6 is 7.60 Å². The standard InChI is InChI=1S/C8H13O7P/c1-4(2)3-5(7(9)10)6(8(11)12)16(13,14)15/h5-6H,1,3H2,2H3,(H,9,10)(H,11,12)(H2,13,14,15). The van der Waals surface area contributed by atoms with Gasteiger partial charge in [-0.15, -0.1) is 6.58 Å². The first-order chi connectivity index (χ1) is 7.07. The first kappa shape index (κ1) is 14.8. The summed E-state index contributed by atoms with van der Waals surface area (Å²) >= 11 is 0. The van der Waals surface area contributed by atoms with Crippen LogP contribution in [0.25, 0.3) is 0 Å². The van der Waals surface area contributed by atoms with Crippen LogP contribution in [0.1, 0.15) is 13.3 Å². The third-order valence-electron chi connectivity index (χ3n) is 1.88. The van der Waals surface area contributed by atoms with Gasteiger partial charge in [0.2, 0.25) is 0 Å². The zero-order valence-electron chi connectivity index (χ0n) is 8.53. The van der Waals surface area contributed by atoms with Crippen LogP contribution in [0.3, 0.4) is 0 Å². The van der Waals surface area contributed by atoms with Gasteiger partial charge in [-0.3, -0.25) is 14.2 Å². The lowest BCUT2D eigenvalue weighted by atomic mass is 9.97. The maximum Gasteiger partial charge on any atom is 0.340 e. The summed E-state index contributed by atoms with van der Waals surface area (Å²) in [6, 6.07) is 0. The van der Waals surface area contributed by atoms with Crippen LogP contribution < -0.4 is 0 Å².